The molecule has 2 rings (SSSR count). The Hall–Kier alpha value is -2.13. The Balaban J connectivity index is 0.00000338. The van der Waals surface area contributed by atoms with Gasteiger partial charge in [-0.05, 0) is 27.2 Å². The van der Waals surface area contributed by atoms with E-state index < -0.39 is 5.60 Å². The molecule has 0 amide bonds. The Morgan fingerprint density at radius 1 is 0.962 bits per heavy atom. The molecule has 10 heteroatoms. The Morgan fingerprint density at radius 2 is 1.46 bits per heavy atom. The van der Waals surface area contributed by atoms with Crippen LogP contribution in [0.5, 0.6) is 0 Å². The first-order valence-corrected chi connectivity index (χ1v) is 8.45. The van der Waals surface area contributed by atoms with E-state index in [1.165, 1.54) is 0 Å². The molecule has 2 heterocycles. The Kier molecular flexibility index (Phi) is 7.58. The van der Waals surface area contributed by atoms with Crippen molar-refractivity contribution in [2.45, 2.75) is 45.8 Å². The summed E-state index contributed by atoms with van der Waals surface area (Å²) in [4.78, 5) is 18.0. The van der Waals surface area contributed by atoms with Gasteiger partial charge < -0.3 is 26.4 Å². The third kappa shape index (κ3) is 5.43. The van der Waals surface area contributed by atoms with Crippen LogP contribution in [0, 0.1) is 0 Å². The normalized spacial score (nSPS) is 12.3. The van der Waals surface area contributed by atoms with Crippen LogP contribution in [0.1, 0.15) is 34.1 Å². The van der Waals surface area contributed by atoms with Gasteiger partial charge in [0.1, 0.15) is 11.0 Å². The topological polar surface area (TPSA) is 120 Å². The van der Waals surface area contributed by atoms with Crippen LogP contribution in [-0.4, -0.2) is 57.3 Å². The lowest BCUT2D eigenvalue weighted by atomic mass is 10.1. The van der Waals surface area contributed by atoms with Gasteiger partial charge in [0.2, 0.25) is 11.9 Å². The first-order chi connectivity index (χ1) is 11.8. The third-order valence-electron chi connectivity index (χ3n) is 3.68. The summed E-state index contributed by atoms with van der Waals surface area (Å²) in [5, 5.41) is 22.3. The second-order valence-corrected chi connectivity index (χ2v) is 6.61. The Bertz CT molecular complexity index is 734. The van der Waals surface area contributed by atoms with Crippen molar-refractivity contribution in [1.82, 2.24) is 19.9 Å². The molecule has 0 spiro atoms. The molecule has 2 aromatic heterocycles. The van der Waals surface area contributed by atoms with E-state index >= 15 is 0 Å². The number of fused-ring (bicyclic) bond motifs is 1. The fraction of sp³-hybridized carbons (Fsp3) is 0.625. The van der Waals surface area contributed by atoms with E-state index in [0.717, 1.165) is 6.42 Å². The molecule has 0 bridgehead atoms. The molecule has 0 saturated heterocycles. The van der Waals surface area contributed by atoms with Gasteiger partial charge in [0.05, 0.1) is 5.60 Å². The largest absolute Gasteiger partial charge is 0.389 e. The molecule has 9 nitrogen and oxygen atoms in total. The summed E-state index contributed by atoms with van der Waals surface area (Å²) in [5.41, 5.74) is 0.362. The zero-order valence-electron chi connectivity index (χ0n) is 16.1. The van der Waals surface area contributed by atoms with Gasteiger partial charge in [-0.3, -0.25) is 0 Å². The minimum atomic E-state index is -0.871. The van der Waals surface area contributed by atoms with Gasteiger partial charge in [-0.25, -0.2) is 9.97 Å². The molecule has 0 radical (unpaired) electrons. The second-order valence-electron chi connectivity index (χ2n) is 6.61. The number of hydrogen-bond donors (Lipinski definition) is 5. The number of aromatic nitrogens is 4. The summed E-state index contributed by atoms with van der Waals surface area (Å²) in [5.74, 6) is 2.14. The molecule has 26 heavy (non-hydrogen) atoms. The molecule has 0 fully saturated rings. The average molecular weight is 385 g/mol. The van der Waals surface area contributed by atoms with Gasteiger partial charge in [-0.2, -0.15) is 9.97 Å². The summed E-state index contributed by atoms with van der Waals surface area (Å²) in [6.45, 7) is 7.93. The first kappa shape index (κ1) is 21.9. The molecule has 146 valence electrons. The summed E-state index contributed by atoms with van der Waals surface area (Å²) >= 11 is 0. The van der Waals surface area contributed by atoms with E-state index in [1.807, 2.05) is 0 Å². The van der Waals surface area contributed by atoms with Crippen molar-refractivity contribution < 1.29 is 5.11 Å². The summed E-state index contributed by atoms with van der Waals surface area (Å²) in [6.07, 6.45) is 0.964. The zero-order chi connectivity index (χ0) is 18.6. The van der Waals surface area contributed by atoms with Gasteiger partial charge >= 0.3 is 0 Å². The summed E-state index contributed by atoms with van der Waals surface area (Å²) < 4.78 is 0. The minimum Gasteiger partial charge on any atom is -0.389 e. The van der Waals surface area contributed by atoms with Crippen LogP contribution in [0.2, 0.25) is 0 Å². The molecule has 0 saturated carbocycles. The van der Waals surface area contributed by atoms with Crippen LogP contribution in [-0.2, 0) is 0 Å². The lowest BCUT2D eigenvalue weighted by Gasteiger charge is -2.19. The fourth-order valence-corrected chi connectivity index (χ4v) is 2.13. The van der Waals surface area contributed by atoms with Crippen molar-refractivity contribution in [2.24, 2.45) is 0 Å². The predicted octanol–water partition coefficient (Wildman–Crippen LogP) is 2.32. The molecule has 0 aliphatic heterocycles. The van der Waals surface area contributed by atoms with E-state index in [0.29, 0.717) is 41.1 Å². The van der Waals surface area contributed by atoms with Crippen LogP contribution >= 0.6 is 12.4 Å². The highest BCUT2D eigenvalue weighted by atomic mass is 35.5. The average Bonchev–Trinajstić information content (AvgIpc) is 2.57. The molecule has 0 aliphatic rings. The van der Waals surface area contributed by atoms with Crippen molar-refractivity contribution >= 4 is 47.0 Å². The van der Waals surface area contributed by atoms with Crippen LogP contribution in [0.4, 0.5) is 23.5 Å². The molecule has 5 N–H and O–H groups in total. The van der Waals surface area contributed by atoms with Gasteiger partial charge in [-0.1, -0.05) is 6.92 Å². The highest BCUT2D eigenvalue weighted by Crippen LogP contribution is 2.26. The summed E-state index contributed by atoms with van der Waals surface area (Å²) in [6, 6.07) is 0.258. The number of aliphatic hydroxyl groups is 1. The number of nitrogens with one attached hydrogen (secondary N) is 4. The molecule has 0 aliphatic carbocycles. The van der Waals surface area contributed by atoms with Gasteiger partial charge in [0, 0.05) is 26.7 Å². The standard InChI is InChI=1S/C16H28N8O.ClH/c1-7-9(2)20-15-22-11-10(13(18-6)24-15)21-14(23-12(11)17-5)19-8-16(3,4)25;/h9,25H,7-8H2,1-6H3,(H2,17,19,21,23)(H2,18,20,22,24);1H/t9-;/m0./s1. The quantitative estimate of drug-likeness (QED) is 0.466. The maximum atomic E-state index is 9.88. The molecule has 0 unspecified atom stereocenters. The maximum absolute atomic E-state index is 9.88. The minimum absolute atomic E-state index is 0. The fourth-order valence-electron chi connectivity index (χ4n) is 2.13. The number of rotatable bonds is 8. The van der Waals surface area contributed by atoms with Crippen LogP contribution in [0.25, 0.3) is 11.0 Å². The smallest absolute Gasteiger partial charge is 0.225 e. The van der Waals surface area contributed by atoms with Crippen molar-refractivity contribution in [1.29, 1.82) is 0 Å². The SMILES string of the molecule is CC[C@H](C)Nc1nc(NC)c2nc(NCC(C)(C)O)nc(NC)c2n1.Cl. The van der Waals surface area contributed by atoms with Gasteiger partial charge in [0.15, 0.2) is 11.6 Å². The highest BCUT2D eigenvalue weighted by molar-refractivity contribution is 5.94. The van der Waals surface area contributed by atoms with Crippen LogP contribution < -0.4 is 21.3 Å². The highest BCUT2D eigenvalue weighted by Gasteiger charge is 2.17. The maximum Gasteiger partial charge on any atom is 0.225 e. The number of nitrogens with zero attached hydrogens (tertiary/aromatic N) is 4. The first-order valence-electron chi connectivity index (χ1n) is 8.45. The molecule has 1 atom stereocenters. The Morgan fingerprint density at radius 3 is 1.92 bits per heavy atom. The lowest BCUT2D eigenvalue weighted by Crippen LogP contribution is -2.30. The van der Waals surface area contributed by atoms with E-state index in [4.69, 9.17) is 0 Å². The second kappa shape index (κ2) is 9.00. The van der Waals surface area contributed by atoms with Crippen molar-refractivity contribution in [3.05, 3.63) is 0 Å². The molecular formula is C16H29ClN8O. The molecular weight excluding hydrogens is 356 g/mol. The van der Waals surface area contributed by atoms with E-state index in [9.17, 15) is 5.11 Å². The number of anilines is 4. The summed E-state index contributed by atoms with van der Waals surface area (Å²) in [7, 11) is 3.57. The zero-order valence-corrected chi connectivity index (χ0v) is 17.0. The monoisotopic (exact) mass is 384 g/mol. The van der Waals surface area contributed by atoms with Crippen molar-refractivity contribution in [3.63, 3.8) is 0 Å². The van der Waals surface area contributed by atoms with Crippen molar-refractivity contribution in [2.75, 3.05) is 41.9 Å². The predicted molar refractivity (Wildman–Crippen MR) is 110 cm³/mol. The van der Waals surface area contributed by atoms with Gasteiger partial charge in [0.25, 0.3) is 0 Å². The Labute approximate surface area is 160 Å². The number of halogens is 1. The lowest BCUT2D eigenvalue weighted by molar-refractivity contribution is 0.0943. The van der Waals surface area contributed by atoms with E-state index in [1.54, 1.807) is 27.9 Å². The van der Waals surface area contributed by atoms with Crippen LogP contribution in [0.3, 0.4) is 0 Å². The van der Waals surface area contributed by atoms with Crippen LogP contribution in [0.15, 0.2) is 0 Å². The van der Waals surface area contributed by atoms with E-state index in [-0.39, 0.29) is 18.4 Å². The van der Waals surface area contributed by atoms with E-state index in [2.05, 4.69) is 55.1 Å². The van der Waals surface area contributed by atoms with Gasteiger partial charge in [-0.15, -0.1) is 12.4 Å². The molecule has 2 aromatic rings. The number of hydrogen-bond acceptors (Lipinski definition) is 9. The third-order valence-corrected chi connectivity index (χ3v) is 3.68. The van der Waals surface area contributed by atoms with Crippen molar-refractivity contribution in [3.8, 4) is 0 Å². The molecule has 0 aromatic carbocycles.